The molecule has 0 spiro atoms. The van der Waals surface area contributed by atoms with Gasteiger partial charge < -0.3 is 24.8 Å². The van der Waals surface area contributed by atoms with E-state index in [4.69, 9.17) is 25.8 Å². The molecule has 2 N–H and O–H groups in total. The molecule has 8 heteroatoms. The molecule has 1 aliphatic rings. The third-order valence-electron chi connectivity index (χ3n) is 3.85. The first kappa shape index (κ1) is 19.0. The van der Waals surface area contributed by atoms with Crippen LogP contribution in [0, 0.1) is 0 Å². The van der Waals surface area contributed by atoms with E-state index in [2.05, 4.69) is 10.6 Å². The van der Waals surface area contributed by atoms with Crippen molar-refractivity contribution in [1.82, 2.24) is 5.32 Å². The Labute approximate surface area is 161 Å². The summed E-state index contributed by atoms with van der Waals surface area (Å²) >= 11 is 6.09. The zero-order valence-corrected chi connectivity index (χ0v) is 15.4. The Hall–Kier alpha value is -2.77. The molecular weight excluding hydrogens is 372 g/mol. The van der Waals surface area contributed by atoms with Crippen molar-refractivity contribution in [3.8, 4) is 5.75 Å². The van der Waals surface area contributed by atoms with Gasteiger partial charge in [0.15, 0.2) is 6.79 Å². The fourth-order valence-electron chi connectivity index (χ4n) is 2.58. The van der Waals surface area contributed by atoms with Crippen LogP contribution in [-0.2, 0) is 27.5 Å². The monoisotopic (exact) mass is 390 g/mol. The largest absolute Gasteiger partial charge is 0.467 e. The minimum Gasteiger partial charge on any atom is -0.467 e. The van der Waals surface area contributed by atoms with Crippen molar-refractivity contribution < 1.29 is 23.8 Å². The van der Waals surface area contributed by atoms with Crippen molar-refractivity contribution in [3.63, 3.8) is 0 Å². The van der Waals surface area contributed by atoms with E-state index in [1.807, 2.05) is 6.07 Å². The summed E-state index contributed by atoms with van der Waals surface area (Å²) in [7, 11) is 0. The maximum Gasteiger partial charge on any atom is 0.328 e. The smallest absolute Gasteiger partial charge is 0.328 e. The van der Waals surface area contributed by atoms with E-state index in [1.165, 1.54) is 0 Å². The third-order valence-corrected chi connectivity index (χ3v) is 4.07. The summed E-state index contributed by atoms with van der Waals surface area (Å²) < 4.78 is 16.0. The SMILES string of the molecule is C[C@H](NC(=O)Nc1ccccc1)C(=O)OCc1cc(Cl)cc2c1OCOC2. The average Bonchev–Trinajstić information content (AvgIpc) is 2.66. The summed E-state index contributed by atoms with van der Waals surface area (Å²) in [5.74, 6) is 0.0416. The lowest BCUT2D eigenvalue weighted by Gasteiger charge is -2.21. The highest BCUT2D eigenvalue weighted by molar-refractivity contribution is 6.30. The maximum atomic E-state index is 12.2. The van der Waals surface area contributed by atoms with Gasteiger partial charge in [-0.1, -0.05) is 29.8 Å². The summed E-state index contributed by atoms with van der Waals surface area (Å²) in [6, 6.07) is 11.0. The van der Waals surface area contributed by atoms with Gasteiger partial charge in [0.1, 0.15) is 18.4 Å². The van der Waals surface area contributed by atoms with Crippen LogP contribution in [0.25, 0.3) is 0 Å². The zero-order chi connectivity index (χ0) is 19.2. The van der Waals surface area contributed by atoms with Crippen molar-refractivity contribution >= 4 is 29.3 Å². The minimum absolute atomic E-state index is 0.0198. The molecular formula is C19H19ClN2O5. The molecule has 0 saturated carbocycles. The molecule has 0 bridgehead atoms. The molecule has 1 heterocycles. The lowest BCUT2D eigenvalue weighted by Crippen LogP contribution is -2.41. The maximum absolute atomic E-state index is 12.2. The molecule has 0 radical (unpaired) electrons. The number of carbonyl (C=O) groups is 2. The number of rotatable bonds is 5. The summed E-state index contributed by atoms with van der Waals surface area (Å²) in [6.45, 7) is 2.04. The number of anilines is 1. The van der Waals surface area contributed by atoms with Crippen LogP contribution in [0.2, 0.25) is 5.02 Å². The molecule has 0 unspecified atom stereocenters. The van der Waals surface area contributed by atoms with E-state index >= 15 is 0 Å². The fourth-order valence-corrected chi connectivity index (χ4v) is 2.85. The van der Waals surface area contributed by atoms with Crippen molar-refractivity contribution in [1.29, 1.82) is 0 Å². The molecule has 0 saturated heterocycles. The van der Waals surface area contributed by atoms with Crippen molar-refractivity contribution in [2.24, 2.45) is 0 Å². The lowest BCUT2D eigenvalue weighted by molar-refractivity contribution is -0.146. The number of urea groups is 1. The Balaban J connectivity index is 1.54. The number of benzene rings is 2. The normalized spacial score (nSPS) is 13.7. The van der Waals surface area contributed by atoms with Crippen LogP contribution in [0.5, 0.6) is 5.75 Å². The van der Waals surface area contributed by atoms with E-state index in [1.54, 1.807) is 43.3 Å². The van der Waals surface area contributed by atoms with Crippen molar-refractivity contribution in [2.45, 2.75) is 26.2 Å². The molecule has 0 fully saturated rings. The van der Waals surface area contributed by atoms with Crippen molar-refractivity contribution in [2.75, 3.05) is 12.1 Å². The number of amides is 2. The zero-order valence-electron chi connectivity index (χ0n) is 14.7. The molecule has 3 rings (SSSR count). The molecule has 142 valence electrons. The highest BCUT2D eigenvalue weighted by Gasteiger charge is 2.20. The predicted molar refractivity (Wildman–Crippen MR) is 99.6 cm³/mol. The first-order chi connectivity index (χ1) is 13.0. The Morgan fingerprint density at radius 1 is 1.26 bits per heavy atom. The molecule has 27 heavy (non-hydrogen) atoms. The molecule has 7 nitrogen and oxygen atoms in total. The van der Waals surface area contributed by atoms with E-state index in [0.29, 0.717) is 28.6 Å². The topological polar surface area (TPSA) is 85.9 Å². The highest BCUT2D eigenvalue weighted by Crippen LogP contribution is 2.32. The first-order valence-corrected chi connectivity index (χ1v) is 8.72. The summed E-state index contributed by atoms with van der Waals surface area (Å²) in [6.07, 6.45) is 0. The molecule has 1 aliphatic heterocycles. The average molecular weight is 391 g/mol. The number of fused-ring (bicyclic) bond motifs is 1. The van der Waals surface area contributed by atoms with E-state index in [9.17, 15) is 9.59 Å². The number of ether oxygens (including phenoxy) is 3. The number of esters is 1. The quantitative estimate of drug-likeness (QED) is 0.763. The molecule has 0 aliphatic carbocycles. The Morgan fingerprint density at radius 2 is 2.04 bits per heavy atom. The van der Waals surface area contributed by atoms with Crippen LogP contribution in [0.3, 0.4) is 0 Å². The van der Waals surface area contributed by atoms with Gasteiger partial charge in [-0.2, -0.15) is 0 Å². The number of nitrogens with one attached hydrogen (secondary N) is 2. The minimum atomic E-state index is -0.826. The van der Waals surface area contributed by atoms with E-state index in [-0.39, 0.29) is 13.4 Å². The predicted octanol–water partition coefficient (Wildman–Crippen LogP) is 3.46. The Morgan fingerprint density at radius 3 is 2.81 bits per heavy atom. The first-order valence-electron chi connectivity index (χ1n) is 8.34. The number of hydrogen-bond donors (Lipinski definition) is 2. The fraction of sp³-hybridized carbons (Fsp3) is 0.263. The number of carbonyl (C=O) groups excluding carboxylic acids is 2. The van der Waals surface area contributed by atoms with Crippen LogP contribution in [-0.4, -0.2) is 24.8 Å². The van der Waals surface area contributed by atoms with Gasteiger partial charge in [-0.3, -0.25) is 0 Å². The van der Waals surface area contributed by atoms with Gasteiger partial charge in [0.25, 0.3) is 0 Å². The number of halogens is 1. The molecule has 2 aromatic rings. The third kappa shape index (κ3) is 5.12. The molecule has 2 amide bonds. The van der Waals surface area contributed by atoms with Crippen LogP contribution in [0.1, 0.15) is 18.1 Å². The Bertz CT molecular complexity index is 828. The summed E-state index contributed by atoms with van der Waals surface area (Å²) in [5.41, 5.74) is 2.07. The Kier molecular flexibility index (Phi) is 6.16. The van der Waals surface area contributed by atoms with E-state index in [0.717, 1.165) is 5.56 Å². The second-order valence-electron chi connectivity index (χ2n) is 5.96. The number of hydrogen-bond acceptors (Lipinski definition) is 5. The highest BCUT2D eigenvalue weighted by atomic mass is 35.5. The van der Waals surface area contributed by atoms with Crippen molar-refractivity contribution in [3.05, 3.63) is 58.6 Å². The van der Waals surface area contributed by atoms with Crippen LogP contribution < -0.4 is 15.4 Å². The van der Waals surface area contributed by atoms with Gasteiger partial charge in [0, 0.05) is 21.8 Å². The molecule has 2 aromatic carbocycles. The second-order valence-corrected chi connectivity index (χ2v) is 6.39. The lowest BCUT2D eigenvalue weighted by atomic mass is 10.1. The summed E-state index contributed by atoms with van der Waals surface area (Å²) in [5, 5.41) is 5.68. The standard InChI is InChI=1S/C19H19ClN2O5/c1-12(21-19(24)22-16-5-3-2-4-6-16)18(23)26-10-14-8-15(20)7-13-9-25-11-27-17(13)14/h2-8,12H,9-11H2,1H3,(H2,21,22,24)/t12-/m0/s1. The van der Waals surface area contributed by atoms with Crippen LogP contribution >= 0.6 is 11.6 Å². The van der Waals surface area contributed by atoms with Gasteiger partial charge in [-0.15, -0.1) is 0 Å². The van der Waals surface area contributed by atoms with E-state index < -0.39 is 18.0 Å². The van der Waals surface area contributed by atoms with Gasteiger partial charge in [-0.25, -0.2) is 9.59 Å². The molecule has 0 aromatic heterocycles. The van der Waals surface area contributed by atoms with Gasteiger partial charge in [0.2, 0.25) is 0 Å². The van der Waals surface area contributed by atoms with Gasteiger partial charge in [-0.05, 0) is 31.2 Å². The second kappa shape index (κ2) is 8.75. The van der Waals surface area contributed by atoms with Gasteiger partial charge >= 0.3 is 12.0 Å². The van der Waals surface area contributed by atoms with Gasteiger partial charge in [0.05, 0.1) is 6.61 Å². The van der Waals surface area contributed by atoms with Crippen LogP contribution in [0.15, 0.2) is 42.5 Å². The molecule has 1 atom stereocenters. The number of para-hydroxylation sites is 1. The summed E-state index contributed by atoms with van der Waals surface area (Å²) in [4.78, 5) is 24.2. The van der Waals surface area contributed by atoms with Crippen LogP contribution in [0.4, 0.5) is 10.5 Å².